The summed E-state index contributed by atoms with van der Waals surface area (Å²) >= 11 is 0. The van der Waals surface area contributed by atoms with Crippen molar-refractivity contribution < 1.29 is 23.8 Å². The molecule has 0 spiro atoms. The van der Waals surface area contributed by atoms with E-state index in [-0.39, 0.29) is 24.0 Å². The van der Waals surface area contributed by atoms with Gasteiger partial charge in [0.15, 0.2) is 0 Å². The van der Waals surface area contributed by atoms with Gasteiger partial charge in [-0.15, -0.1) is 0 Å². The summed E-state index contributed by atoms with van der Waals surface area (Å²) in [6, 6.07) is 7.39. The van der Waals surface area contributed by atoms with Crippen LogP contribution in [0.3, 0.4) is 0 Å². The molecule has 0 unspecified atom stereocenters. The molecule has 2 heterocycles. The van der Waals surface area contributed by atoms with Crippen molar-refractivity contribution in [3.8, 4) is 5.75 Å². The molecule has 7 heteroatoms. The van der Waals surface area contributed by atoms with E-state index in [0.717, 1.165) is 38.0 Å². The number of likely N-dealkylation sites (tertiary alicyclic amines) is 2. The monoisotopic (exact) mass is 404 g/mol. The van der Waals surface area contributed by atoms with Crippen LogP contribution in [0.25, 0.3) is 0 Å². The maximum atomic E-state index is 12.7. The summed E-state index contributed by atoms with van der Waals surface area (Å²) in [6.07, 6.45) is 4.24. The Bertz CT molecular complexity index is 670. The lowest BCUT2D eigenvalue weighted by atomic mass is 10.1. The minimum absolute atomic E-state index is 0.0428. The fraction of sp³-hybridized carbons (Fsp3) is 0.636. The molecule has 2 fully saturated rings. The third-order valence-corrected chi connectivity index (χ3v) is 5.72. The number of hydrogen-bond acceptors (Lipinski definition) is 5. The van der Waals surface area contributed by atoms with Gasteiger partial charge in [-0.2, -0.15) is 0 Å². The Morgan fingerprint density at radius 1 is 0.966 bits per heavy atom. The van der Waals surface area contributed by atoms with Crippen molar-refractivity contribution in [2.45, 2.75) is 44.3 Å². The maximum Gasteiger partial charge on any atom is 0.253 e. The number of carbonyl (C=O) groups is 2. The highest BCUT2D eigenvalue weighted by Gasteiger charge is 2.25. The lowest BCUT2D eigenvalue weighted by Gasteiger charge is -2.32. The van der Waals surface area contributed by atoms with E-state index < -0.39 is 0 Å². The molecule has 0 saturated carbocycles. The van der Waals surface area contributed by atoms with Gasteiger partial charge in [-0.1, -0.05) is 0 Å². The molecular weight excluding hydrogens is 372 g/mol. The highest BCUT2D eigenvalue weighted by Crippen LogP contribution is 2.22. The highest BCUT2D eigenvalue weighted by atomic mass is 16.5. The van der Waals surface area contributed by atoms with Gasteiger partial charge in [0.2, 0.25) is 5.91 Å². The van der Waals surface area contributed by atoms with Crippen molar-refractivity contribution in [2.24, 2.45) is 0 Å². The van der Waals surface area contributed by atoms with Crippen molar-refractivity contribution in [1.82, 2.24) is 9.80 Å². The smallest absolute Gasteiger partial charge is 0.253 e. The second kappa shape index (κ2) is 10.6. The number of carbonyl (C=O) groups excluding carboxylic acids is 2. The molecule has 2 aliphatic heterocycles. The molecule has 1 atom stereocenters. The summed E-state index contributed by atoms with van der Waals surface area (Å²) in [5.41, 5.74) is 0.674. The Morgan fingerprint density at radius 2 is 1.69 bits per heavy atom. The number of methoxy groups -OCH3 is 2. The molecule has 2 saturated heterocycles. The Balaban J connectivity index is 1.47. The third kappa shape index (κ3) is 5.93. The molecule has 0 bridgehead atoms. The van der Waals surface area contributed by atoms with Gasteiger partial charge in [0.1, 0.15) is 11.9 Å². The van der Waals surface area contributed by atoms with Gasteiger partial charge < -0.3 is 24.0 Å². The molecule has 0 N–H and O–H groups in total. The van der Waals surface area contributed by atoms with E-state index in [1.807, 2.05) is 34.1 Å². The number of ether oxygens (including phenoxy) is 3. The van der Waals surface area contributed by atoms with Gasteiger partial charge in [-0.25, -0.2) is 0 Å². The average Bonchev–Trinajstić information content (AvgIpc) is 2.78. The van der Waals surface area contributed by atoms with E-state index in [4.69, 9.17) is 14.2 Å². The van der Waals surface area contributed by atoms with Crippen molar-refractivity contribution in [3.63, 3.8) is 0 Å². The van der Waals surface area contributed by atoms with Crippen LogP contribution in [0.1, 0.15) is 42.5 Å². The zero-order chi connectivity index (χ0) is 20.6. The van der Waals surface area contributed by atoms with Gasteiger partial charge >= 0.3 is 0 Å². The summed E-state index contributed by atoms with van der Waals surface area (Å²) in [5.74, 6) is 0.946. The highest BCUT2D eigenvalue weighted by molar-refractivity contribution is 5.94. The Morgan fingerprint density at radius 3 is 2.34 bits per heavy atom. The Hall–Kier alpha value is -2.12. The first-order valence-electron chi connectivity index (χ1n) is 10.5. The molecular formula is C22H32N2O5. The summed E-state index contributed by atoms with van der Waals surface area (Å²) in [5, 5.41) is 0. The minimum Gasteiger partial charge on any atom is -0.490 e. The molecule has 1 aromatic rings. The van der Waals surface area contributed by atoms with Crippen molar-refractivity contribution in [1.29, 1.82) is 0 Å². The van der Waals surface area contributed by atoms with Crippen LogP contribution in [0, 0.1) is 0 Å². The van der Waals surface area contributed by atoms with Gasteiger partial charge in [0.05, 0.1) is 19.1 Å². The quantitative estimate of drug-likeness (QED) is 0.698. The zero-order valence-electron chi connectivity index (χ0n) is 17.5. The second-order valence-corrected chi connectivity index (χ2v) is 7.72. The van der Waals surface area contributed by atoms with Gasteiger partial charge in [0, 0.05) is 58.8 Å². The molecule has 1 aromatic carbocycles. The fourth-order valence-electron chi connectivity index (χ4n) is 3.94. The molecule has 3 rings (SSSR count). The average molecular weight is 405 g/mol. The van der Waals surface area contributed by atoms with Crippen LogP contribution in [0.15, 0.2) is 24.3 Å². The predicted molar refractivity (Wildman–Crippen MR) is 109 cm³/mol. The molecule has 2 amide bonds. The summed E-state index contributed by atoms with van der Waals surface area (Å²) < 4.78 is 16.5. The van der Waals surface area contributed by atoms with Crippen LogP contribution in [-0.4, -0.2) is 80.8 Å². The van der Waals surface area contributed by atoms with E-state index in [2.05, 4.69) is 0 Å². The largest absolute Gasteiger partial charge is 0.490 e. The topological polar surface area (TPSA) is 68.3 Å². The fourth-order valence-corrected chi connectivity index (χ4v) is 3.94. The van der Waals surface area contributed by atoms with Gasteiger partial charge in [0.25, 0.3) is 5.91 Å². The van der Waals surface area contributed by atoms with E-state index in [0.29, 0.717) is 38.2 Å². The number of benzene rings is 1. The molecule has 160 valence electrons. The number of nitrogens with zero attached hydrogens (tertiary/aromatic N) is 2. The molecule has 0 aliphatic carbocycles. The lowest BCUT2D eigenvalue weighted by Crippen LogP contribution is -2.42. The van der Waals surface area contributed by atoms with Crippen LogP contribution in [0.2, 0.25) is 0 Å². The Labute approximate surface area is 172 Å². The van der Waals surface area contributed by atoms with Crippen LogP contribution < -0.4 is 4.74 Å². The van der Waals surface area contributed by atoms with E-state index >= 15 is 0 Å². The van der Waals surface area contributed by atoms with E-state index in [9.17, 15) is 9.59 Å². The van der Waals surface area contributed by atoms with Crippen LogP contribution in [0.5, 0.6) is 5.75 Å². The van der Waals surface area contributed by atoms with E-state index in [1.54, 1.807) is 14.2 Å². The van der Waals surface area contributed by atoms with Crippen LogP contribution >= 0.6 is 0 Å². The van der Waals surface area contributed by atoms with Gasteiger partial charge in [-0.3, -0.25) is 9.59 Å². The number of hydrogen-bond donors (Lipinski definition) is 0. The first kappa shape index (κ1) is 21.6. The number of piperidine rings is 2. The predicted octanol–water partition coefficient (Wildman–Crippen LogP) is 2.34. The van der Waals surface area contributed by atoms with Crippen molar-refractivity contribution in [2.75, 3.05) is 47.0 Å². The van der Waals surface area contributed by atoms with Crippen LogP contribution in [0.4, 0.5) is 0 Å². The van der Waals surface area contributed by atoms with Crippen LogP contribution in [-0.2, 0) is 14.3 Å². The zero-order valence-corrected chi connectivity index (χ0v) is 17.5. The lowest BCUT2D eigenvalue weighted by molar-refractivity contribution is -0.133. The third-order valence-electron chi connectivity index (χ3n) is 5.72. The first-order valence-corrected chi connectivity index (χ1v) is 10.5. The number of amides is 2. The van der Waals surface area contributed by atoms with Crippen molar-refractivity contribution >= 4 is 11.8 Å². The molecule has 0 aromatic heterocycles. The molecule has 2 aliphatic rings. The molecule has 29 heavy (non-hydrogen) atoms. The van der Waals surface area contributed by atoms with Gasteiger partial charge in [-0.05, 0) is 37.1 Å². The second-order valence-electron chi connectivity index (χ2n) is 7.72. The first-order chi connectivity index (χ1) is 14.1. The molecule has 0 radical (unpaired) electrons. The van der Waals surface area contributed by atoms with Crippen molar-refractivity contribution in [3.05, 3.63) is 29.8 Å². The Kier molecular flexibility index (Phi) is 7.89. The number of rotatable bonds is 7. The standard InChI is InChI=1S/C22H32N2O5/c1-27-15-11-21(25)23-13-9-19(10-14-23)29-18-7-5-17(6-8-18)22(26)24-12-3-4-20(16-24)28-2/h5-8,19-20H,3-4,9-16H2,1-2H3/t20-/m1/s1. The summed E-state index contributed by atoms with van der Waals surface area (Å²) in [4.78, 5) is 28.5. The normalized spacial score (nSPS) is 20.6. The minimum atomic E-state index is 0.0428. The maximum absolute atomic E-state index is 12.7. The molecule has 7 nitrogen and oxygen atoms in total. The van der Waals surface area contributed by atoms with E-state index in [1.165, 1.54) is 0 Å². The SMILES string of the molecule is COCCC(=O)N1CCC(Oc2ccc(C(=O)N3CCC[C@@H](OC)C3)cc2)CC1. The summed E-state index contributed by atoms with van der Waals surface area (Å²) in [6.45, 7) is 3.30. The summed E-state index contributed by atoms with van der Waals surface area (Å²) in [7, 11) is 3.31.